The molecule has 0 saturated heterocycles. The third-order valence-corrected chi connectivity index (χ3v) is 9.79. The molecule has 2 atom stereocenters. The fourth-order valence-corrected chi connectivity index (χ4v) is 6.63. The summed E-state index contributed by atoms with van der Waals surface area (Å²) in [5.74, 6) is 2.52. The molecule has 0 fully saturated rings. The molecule has 0 spiro atoms. The van der Waals surface area contributed by atoms with Gasteiger partial charge in [0.05, 0.1) is 0 Å². The average molecular weight is 970 g/mol. The summed E-state index contributed by atoms with van der Waals surface area (Å²) in [7, 11) is 0. The molecule has 0 amide bonds. The molecule has 59 heavy (non-hydrogen) atoms. The van der Waals surface area contributed by atoms with Gasteiger partial charge in [0.1, 0.15) is 6.61 Å². The van der Waals surface area contributed by atoms with Crippen LogP contribution in [0.5, 0.6) is 5.75 Å². The fraction of sp³-hybridized carbons (Fsp3) is 0.151. The Labute approximate surface area is 368 Å². The Balaban J connectivity index is 0.000000213. The molecular formula is C53H47ClIrN3O. The summed E-state index contributed by atoms with van der Waals surface area (Å²) in [6.45, 7) is 5.19. The maximum atomic E-state index is 6.05. The van der Waals surface area contributed by atoms with E-state index in [4.69, 9.17) is 16.3 Å². The van der Waals surface area contributed by atoms with Gasteiger partial charge in [0.15, 0.2) is 0 Å². The molecule has 2 unspecified atom stereocenters. The van der Waals surface area contributed by atoms with Crippen LogP contribution in [0, 0.1) is 24.1 Å². The number of nitrogens with zero attached hydrogens (tertiary/aromatic N) is 3. The van der Waals surface area contributed by atoms with E-state index in [9.17, 15) is 0 Å². The van der Waals surface area contributed by atoms with E-state index < -0.39 is 0 Å². The molecule has 0 radical (unpaired) electrons. The van der Waals surface area contributed by atoms with Crippen LogP contribution in [0.15, 0.2) is 188 Å². The van der Waals surface area contributed by atoms with Gasteiger partial charge in [0.2, 0.25) is 0 Å². The number of halogens is 1. The van der Waals surface area contributed by atoms with Crippen molar-refractivity contribution in [1.29, 1.82) is 0 Å². The smallest absolute Gasteiger partial charge is 0.508 e. The minimum Gasteiger partial charge on any atom is -0.508 e. The first-order valence-electron chi connectivity index (χ1n) is 19.6. The van der Waals surface area contributed by atoms with E-state index >= 15 is 0 Å². The molecule has 296 valence electrons. The van der Waals surface area contributed by atoms with Crippen LogP contribution >= 0.6 is 11.6 Å². The summed E-state index contributed by atoms with van der Waals surface area (Å²) in [5.41, 5.74) is 10.9. The Morgan fingerprint density at radius 2 is 1.02 bits per heavy atom. The first-order chi connectivity index (χ1) is 28.5. The molecule has 0 saturated carbocycles. The van der Waals surface area contributed by atoms with Crippen molar-refractivity contribution in [3.05, 3.63) is 229 Å². The van der Waals surface area contributed by atoms with Crippen molar-refractivity contribution in [2.24, 2.45) is 5.92 Å². The molecule has 8 aromatic rings. The van der Waals surface area contributed by atoms with E-state index in [-0.39, 0.29) is 20.1 Å². The number of aromatic nitrogens is 3. The number of hydrogen-bond acceptors (Lipinski definition) is 4. The quantitative estimate of drug-likeness (QED) is 0.0904. The van der Waals surface area contributed by atoms with Crippen molar-refractivity contribution in [2.45, 2.75) is 45.1 Å². The molecule has 5 aromatic carbocycles. The number of pyridine rings is 3. The second-order valence-electron chi connectivity index (χ2n) is 14.1. The zero-order valence-corrected chi connectivity index (χ0v) is 36.5. The van der Waals surface area contributed by atoms with E-state index in [0.29, 0.717) is 24.3 Å². The molecular weight excluding hydrogens is 922 g/mol. The maximum absolute atomic E-state index is 6.05. The Kier molecular flexibility index (Phi) is 18.3. The average Bonchev–Trinajstić information content (AvgIpc) is 3.31. The normalized spacial score (nSPS) is 11.3. The molecule has 0 aliphatic rings. The zero-order chi connectivity index (χ0) is 40.2. The second-order valence-corrected chi connectivity index (χ2v) is 14.3. The maximum Gasteiger partial charge on any atom is 3.00 e. The predicted molar refractivity (Wildman–Crippen MR) is 238 cm³/mol. The van der Waals surface area contributed by atoms with Gasteiger partial charge >= 0.3 is 20.1 Å². The summed E-state index contributed by atoms with van der Waals surface area (Å²) in [6, 6.07) is 66.1. The Morgan fingerprint density at radius 1 is 0.525 bits per heavy atom. The molecule has 0 bridgehead atoms. The standard InChI is InChI=1S/C31H31ClNO.2C11H8N.Ir/c1-23(19-25-9-11-26(21-32)12-10-25)18-24(2)28-15-13-27(14-16-28)22-34-30-7-5-6-29(20-30)31-8-3-4-17-33-31;2*1-2-6-10(7-3-1)11-8-4-5-9-12-11;/h3-5,7-17,20,23-24H,18-19,21-22H2,1-2H3;2*1-6,8-9H;/q3*-1;+3. The molecule has 6 heteroatoms. The van der Waals surface area contributed by atoms with Crippen LogP contribution in [0.3, 0.4) is 0 Å². The van der Waals surface area contributed by atoms with Crippen molar-refractivity contribution in [3.63, 3.8) is 0 Å². The van der Waals surface area contributed by atoms with Gasteiger partial charge in [-0.15, -0.1) is 113 Å². The van der Waals surface area contributed by atoms with Crippen molar-refractivity contribution in [2.75, 3.05) is 0 Å². The minimum atomic E-state index is 0. The van der Waals surface area contributed by atoms with Crippen LogP contribution < -0.4 is 4.74 Å². The SMILES string of the molecule is CC(Cc1ccc(CCl)cc1)CC(C)c1ccc(COc2cc[c-]c(-c3ccccn3)c2)cc1.[Ir+3].[c-]1ccccc1-c1ccccn1.[c-]1ccccc1-c1ccccn1. The molecule has 4 nitrogen and oxygen atoms in total. The van der Waals surface area contributed by atoms with Crippen molar-refractivity contribution < 1.29 is 24.8 Å². The monoisotopic (exact) mass is 969 g/mol. The molecule has 3 heterocycles. The van der Waals surface area contributed by atoms with E-state index in [1.54, 1.807) is 18.6 Å². The molecule has 8 rings (SSSR count). The zero-order valence-electron chi connectivity index (χ0n) is 33.3. The van der Waals surface area contributed by atoms with Gasteiger partial charge in [-0.1, -0.05) is 98.8 Å². The van der Waals surface area contributed by atoms with Crippen molar-refractivity contribution >= 4 is 11.6 Å². The van der Waals surface area contributed by atoms with Gasteiger partial charge in [-0.2, -0.15) is 0 Å². The van der Waals surface area contributed by atoms with Crippen LogP contribution in [-0.2, 0) is 39.0 Å². The topological polar surface area (TPSA) is 47.9 Å². The van der Waals surface area contributed by atoms with Crippen molar-refractivity contribution in [3.8, 4) is 39.5 Å². The van der Waals surface area contributed by atoms with Gasteiger partial charge in [0, 0.05) is 30.2 Å². The van der Waals surface area contributed by atoms with Crippen LogP contribution in [-0.4, -0.2) is 15.0 Å². The first kappa shape index (κ1) is 44.4. The van der Waals surface area contributed by atoms with Gasteiger partial charge in [-0.05, 0) is 82.2 Å². The molecule has 0 aliphatic carbocycles. The fourth-order valence-electron chi connectivity index (χ4n) is 6.45. The Hall–Kier alpha value is -5.71. The second kappa shape index (κ2) is 24.3. The summed E-state index contributed by atoms with van der Waals surface area (Å²) in [6.07, 6.45) is 7.61. The van der Waals surface area contributed by atoms with Gasteiger partial charge in [-0.25, -0.2) is 0 Å². The van der Waals surface area contributed by atoms with Gasteiger partial charge in [-0.3, -0.25) is 0 Å². The van der Waals surface area contributed by atoms with Crippen LogP contribution in [0.25, 0.3) is 33.8 Å². The Morgan fingerprint density at radius 3 is 1.51 bits per heavy atom. The summed E-state index contributed by atoms with van der Waals surface area (Å²) >= 11 is 5.90. The number of rotatable bonds is 12. The third kappa shape index (κ3) is 14.6. The number of ether oxygens (including phenoxy) is 1. The van der Waals surface area contributed by atoms with Gasteiger partial charge in [0.25, 0.3) is 0 Å². The number of alkyl halides is 1. The molecule has 0 N–H and O–H groups in total. The number of benzene rings is 5. The van der Waals surface area contributed by atoms with Gasteiger partial charge < -0.3 is 19.7 Å². The minimum absolute atomic E-state index is 0. The molecule has 3 aromatic heterocycles. The van der Waals surface area contributed by atoms with E-state index in [1.165, 1.54) is 16.7 Å². The first-order valence-corrected chi connectivity index (χ1v) is 20.1. The summed E-state index contributed by atoms with van der Waals surface area (Å²) < 4.78 is 6.05. The van der Waals surface area contributed by atoms with E-state index in [1.807, 2.05) is 121 Å². The van der Waals surface area contributed by atoms with E-state index in [2.05, 4.69) is 95.5 Å². The van der Waals surface area contributed by atoms with Crippen molar-refractivity contribution in [1.82, 2.24) is 15.0 Å². The Bertz CT molecular complexity index is 2180. The number of hydrogen-bond donors (Lipinski definition) is 0. The van der Waals surface area contributed by atoms with Crippen LogP contribution in [0.1, 0.15) is 48.4 Å². The predicted octanol–water partition coefficient (Wildman–Crippen LogP) is 13.3. The summed E-state index contributed by atoms with van der Waals surface area (Å²) in [4.78, 5) is 12.8. The largest absolute Gasteiger partial charge is 3.00 e. The third-order valence-electron chi connectivity index (χ3n) is 9.49. The van der Waals surface area contributed by atoms with Crippen LogP contribution in [0.2, 0.25) is 0 Å². The molecule has 0 aliphatic heterocycles. The summed E-state index contributed by atoms with van der Waals surface area (Å²) in [5, 5.41) is 0. The van der Waals surface area contributed by atoms with Crippen LogP contribution in [0.4, 0.5) is 0 Å². The van der Waals surface area contributed by atoms with E-state index in [0.717, 1.165) is 57.9 Å².